The van der Waals surface area contributed by atoms with Crippen molar-refractivity contribution >= 4 is 53.3 Å². The number of amides is 7. The minimum Gasteiger partial charge on any atom is -0.480 e. The van der Waals surface area contributed by atoms with Crippen LogP contribution in [0.4, 0.5) is 0 Å². The van der Waals surface area contributed by atoms with Crippen LogP contribution in [0.1, 0.15) is 12.8 Å². The maximum Gasteiger partial charge on any atom is 0.326 e. The summed E-state index contributed by atoms with van der Waals surface area (Å²) in [5.74, 6) is -10.5. The van der Waals surface area contributed by atoms with Gasteiger partial charge in [-0.3, -0.25) is 39.0 Å². The molecule has 0 aliphatic heterocycles. The lowest BCUT2D eigenvalue weighted by Gasteiger charge is -2.25. The second-order valence-corrected chi connectivity index (χ2v) is 11.1. The van der Waals surface area contributed by atoms with Crippen molar-refractivity contribution < 1.29 is 79.2 Å². The monoisotopic (exact) mass is 783 g/mol. The minimum absolute atomic E-state index is 0.0984. The number of aliphatic carboxylic acids is 1. The van der Waals surface area contributed by atoms with Crippen LogP contribution in [-0.2, 0) is 38.4 Å². The van der Waals surface area contributed by atoms with Crippen LogP contribution in [-0.4, -0.2) is 195 Å². The summed E-state index contributed by atoms with van der Waals surface area (Å²) in [5, 5.41) is 99.5. The molecule has 21 N–H and O–H groups in total. The van der Waals surface area contributed by atoms with Crippen molar-refractivity contribution in [2.45, 2.75) is 61.2 Å². The van der Waals surface area contributed by atoms with Gasteiger partial charge in [0.2, 0.25) is 41.4 Å². The van der Waals surface area contributed by atoms with E-state index in [2.05, 4.69) is 10.6 Å². The lowest BCUT2D eigenvalue weighted by Crippen LogP contribution is -2.62. The number of aliphatic hydroxyl groups excluding tert-OH is 7. The van der Waals surface area contributed by atoms with E-state index in [1.54, 1.807) is 0 Å². The van der Waals surface area contributed by atoms with E-state index in [0.29, 0.717) is 0 Å². The molecule has 54 heavy (non-hydrogen) atoms. The number of rotatable bonds is 26. The first-order chi connectivity index (χ1) is 25.4. The van der Waals surface area contributed by atoms with Crippen molar-refractivity contribution in [3.05, 3.63) is 0 Å². The molecule has 0 spiro atoms. The molecule has 0 saturated heterocycles. The molecule has 0 aliphatic carbocycles. The Morgan fingerprint density at radius 2 is 0.722 bits per heavy atom. The van der Waals surface area contributed by atoms with Crippen LogP contribution in [0.25, 0.3) is 0 Å². The average molecular weight is 784 g/mol. The summed E-state index contributed by atoms with van der Waals surface area (Å²) in [6.07, 6.45) is -0.0106. The van der Waals surface area contributed by atoms with Gasteiger partial charge in [-0.2, -0.15) is 0 Å². The quantitative estimate of drug-likeness (QED) is 0.0220. The fourth-order valence-corrected chi connectivity index (χ4v) is 3.95. The molecule has 0 saturated carbocycles. The lowest BCUT2D eigenvalue weighted by atomic mass is 10.1. The Kier molecular flexibility index (Phi) is 23.1. The van der Waals surface area contributed by atoms with Crippen LogP contribution in [0, 0.1) is 5.41 Å². The first kappa shape index (κ1) is 48.7. The Hall–Kier alpha value is -5.29. The van der Waals surface area contributed by atoms with E-state index in [9.17, 15) is 74.1 Å². The molecule has 0 rings (SSSR count). The van der Waals surface area contributed by atoms with Crippen molar-refractivity contribution in [3.63, 3.8) is 0 Å². The zero-order chi connectivity index (χ0) is 41.5. The highest BCUT2D eigenvalue weighted by Crippen LogP contribution is 2.00. The molecule has 8 atom stereocenters. The summed E-state index contributed by atoms with van der Waals surface area (Å²) in [6, 6.07) is -14.0. The number of nitrogens with one attached hydrogen (secondary N) is 9. The molecule has 0 fully saturated rings. The number of hydrogen-bond donors (Lipinski definition) is 19. The van der Waals surface area contributed by atoms with Gasteiger partial charge in [-0.1, -0.05) is 0 Å². The molecule has 27 heteroatoms. The van der Waals surface area contributed by atoms with E-state index >= 15 is 0 Å². The van der Waals surface area contributed by atoms with Crippen molar-refractivity contribution in [2.24, 2.45) is 11.5 Å². The van der Waals surface area contributed by atoms with Crippen molar-refractivity contribution in [2.75, 3.05) is 52.8 Å². The summed E-state index contributed by atoms with van der Waals surface area (Å²) in [7, 11) is 0. The van der Waals surface area contributed by atoms with Gasteiger partial charge in [0, 0.05) is 6.54 Å². The molecular weight excluding hydrogens is 734 g/mol. The SMILES string of the molecule is N=C(N)NCCC[C@H](NC(=O)[C@H](CO)NC(=O)[C@H](CO)NC(=O)[C@H](CO)NC(=O)[C@H](CO)NC(=O)[C@H](CO)NC(=O)[C@H](CO)NC(=O)[C@@H](N)CO)C(=O)O. The molecule has 0 aliphatic rings. The van der Waals surface area contributed by atoms with E-state index in [0.717, 1.165) is 0 Å². The number of aliphatic hydroxyl groups is 7. The Morgan fingerprint density at radius 3 is 0.944 bits per heavy atom. The van der Waals surface area contributed by atoms with Gasteiger partial charge < -0.3 is 94.9 Å². The molecule has 27 nitrogen and oxygen atoms in total. The zero-order valence-electron chi connectivity index (χ0n) is 28.7. The largest absolute Gasteiger partial charge is 0.480 e. The first-order valence-electron chi connectivity index (χ1n) is 15.9. The van der Waals surface area contributed by atoms with Gasteiger partial charge in [-0.15, -0.1) is 0 Å². The standard InChI is InChI=1S/C27H49N11O16/c28-11(4-39)19(46)33-13(5-40)21(48)35-15(7-42)23(50)37-17(9-44)25(52)38-18(10-45)24(51)36-16(8-43)22(49)34-14(6-41)20(47)32-12(26(53)54)2-1-3-31-27(29)30/h11-18,39-45H,1-10,28H2,(H,32,47)(H,33,46)(H,34,49)(H,35,48)(H,36,51)(H,37,50)(H,38,52)(H,53,54)(H4,29,30,31)/t11-,12-,13-,14-,15-,16-,17-,18-/m0/s1. The molecule has 0 bridgehead atoms. The summed E-state index contributed by atoms with van der Waals surface area (Å²) in [6.45, 7) is -7.33. The van der Waals surface area contributed by atoms with Gasteiger partial charge >= 0.3 is 5.97 Å². The Morgan fingerprint density at radius 1 is 0.463 bits per heavy atom. The van der Waals surface area contributed by atoms with Gasteiger partial charge in [0.1, 0.15) is 48.3 Å². The Labute approximate surface area is 306 Å². The first-order valence-corrected chi connectivity index (χ1v) is 15.9. The molecule has 0 heterocycles. The van der Waals surface area contributed by atoms with E-state index in [-0.39, 0.29) is 25.3 Å². The van der Waals surface area contributed by atoms with E-state index in [4.69, 9.17) is 22.0 Å². The van der Waals surface area contributed by atoms with E-state index in [1.807, 2.05) is 31.9 Å². The molecule has 0 aromatic carbocycles. The number of guanidine groups is 1. The molecule has 0 aromatic heterocycles. The van der Waals surface area contributed by atoms with Crippen LogP contribution < -0.4 is 54.0 Å². The average Bonchev–Trinajstić information content (AvgIpc) is 3.14. The summed E-state index contributed by atoms with van der Waals surface area (Å²) < 4.78 is 0. The van der Waals surface area contributed by atoms with Crippen LogP contribution in [0.15, 0.2) is 0 Å². The predicted molar refractivity (Wildman–Crippen MR) is 178 cm³/mol. The molecule has 7 amide bonds. The van der Waals surface area contributed by atoms with Gasteiger partial charge in [-0.05, 0) is 12.8 Å². The third-order valence-corrected chi connectivity index (χ3v) is 7.03. The third kappa shape index (κ3) is 17.0. The summed E-state index contributed by atoms with van der Waals surface area (Å²) in [5.41, 5.74) is 10.5. The Balaban J connectivity index is 5.45. The van der Waals surface area contributed by atoms with Gasteiger partial charge in [0.05, 0.1) is 46.2 Å². The van der Waals surface area contributed by atoms with Gasteiger partial charge in [0.15, 0.2) is 5.96 Å². The second kappa shape index (κ2) is 25.6. The number of carbonyl (C=O) groups excluding carboxylic acids is 7. The molecule has 308 valence electrons. The number of carbonyl (C=O) groups is 8. The fourth-order valence-electron chi connectivity index (χ4n) is 3.95. The highest BCUT2D eigenvalue weighted by Gasteiger charge is 2.33. The highest BCUT2D eigenvalue weighted by molar-refractivity contribution is 5.97. The molecule has 0 aromatic rings. The maximum absolute atomic E-state index is 12.8. The molecule has 0 radical (unpaired) electrons. The van der Waals surface area contributed by atoms with Crippen LogP contribution in [0.5, 0.6) is 0 Å². The van der Waals surface area contributed by atoms with Gasteiger partial charge in [0.25, 0.3) is 0 Å². The van der Waals surface area contributed by atoms with Crippen LogP contribution in [0.2, 0.25) is 0 Å². The summed E-state index contributed by atoms with van der Waals surface area (Å²) in [4.78, 5) is 99.4. The zero-order valence-corrected chi connectivity index (χ0v) is 28.7. The number of hydrogen-bond acceptors (Lipinski definition) is 17. The topological polar surface area (TPSA) is 471 Å². The van der Waals surface area contributed by atoms with Crippen molar-refractivity contribution in [3.8, 4) is 0 Å². The second-order valence-electron chi connectivity index (χ2n) is 11.1. The number of carboxylic acids is 1. The van der Waals surface area contributed by atoms with E-state index in [1.165, 1.54) is 0 Å². The lowest BCUT2D eigenvalue weighted by molar-refractivity contribution is -0.143. The normalized spacial score (nSPS) is 15.3. The predicted octanol–water partition coefficient (Wildman–Crippen LogP) is -12.0. The smallest absolute Gasteiger partial charge is 0.326 e. The maximum atomic E-state index is 12.8. The number of nitrogens with two attached hydrogens (primary N) is 2. The van der Waals surface area contributed by atoms with Crippen molar-refractivity contribution in [1.82, 2.24) is 42.5 Å². The Bertz CT molecular complexity index is 1310. The van der Waals surface area contributed by atoms with Crippen molar-refractivity contribution in [1.29, 1.82) is 5.41 Å². The van der Waals surface area contributed by atoms with Crippen LogP contribution >= 0.6 is 0 Å². The van der Waals surface area contributed by atoms with Crippen LogP contribution in [0.3, 0.4) is 0 Å². The number of carboxylic acid groups (broad SMARTS) is 1. The minimum atomic E-state index is -1.91. The third-order valence-electron chi connectivity index (χ3n) is 7.03. The fraction of sp³-hybridized carbons (Fsp3) is 0.667. The molecule has 0 unspecified atom stereocenters. The highest BCUT2D eigenvalue weighted by atomic mass is 16.4. The van der Waals surface area contributed by atoms with E-state index < -0.39 is 142 Å². The summed E-state index contributed by atoms with van der Waals surface area (Å²) >= 11 is 0. The van der Waals surface area contributed by atoms with Gasteiger partial charge in [-0.25, -0.2) is 4.79 Å². The molecular formula is C27H49N11O16.